The molecule has 0 bridgehead atoms. The number of aromatic nitrogens is 2. The summed E-state index contributed by atoms with van der Waals surface area (Å²) in [5.41, 5.74) is 1.51. The van der Waals surface area contributed by atoms with Gasteiger partial charge in [-0.2, -0.15) is 9.78 Å². The summed E-state index contributed by atoms with van der Waals surface area (Å²) in [6, 6.07) is 18.1. The quantitative estimate of drug-likeness (QED) is 0.170. The van der Waals surface area contributed by atoms with E-state index in [1.807, 2.05) is 30.3 Å². The van der Waals surface area contributed by atoms with Gasteiger partial charge in [0, 0.05) is 15.4 Å². The van der Waals surface area contributed by atoms with E-state index in [4.69, 9.17) is 23.6 Å². The molecule has 5 rings (SSSR count). The molecule has 2 aromatic heterocycles. The highest BCUT2D eigenvalue weighted by atomic mass is 79.9. The van der Waals surface area contributed by atoms with Crippen LogP contribution in [-0.4, -0.2) is 36.7 Å². The van der Waals surface area contributed by atoms with E-state index in [0.29, 0.717) is 45.1 Å². The number of methoxy groups -OCH3 is 2. The predicted octanol–water partition coefficient (Wildman–Crippen LogP) is 6.04. The van der Waals surface area contributed by atoms with E-state index in [9.17, 15) is 4.79 Å². The van der Waals surface area contributed by atoms with Gasteiger partial charge in [0.1, 0.15) is 12.2 Å². The number of hydrogen-bond donors (Lipinski definition) is 0. The first kappa shape index (κ1) is 24.3. The molecule has 0 fully saturated rings. The van der Waals surface area contributed by atoms with Crippen LogP contribution in [0.5, 0.6) is 17.2 Å². The van der Waals surface area contributed by atoms with Gasteiger partial charge in [-0.1, -0.05) is 40.7 Å². The lowest BCUT2D eigenvalue weighted by Crippen LogP contribution is -2.20. The van der Waals surface area contributed by atoms with Gasteiger partial charge in [-0.15, -0.1) is 0 Å². The van der Waals surface area contributed by atoms with Crippen LogP contribution in [0.25, 0.3) is 33.5 Å². The Bertz CT molecular complexity index is 1700. The zero-order valence-corrected chi connectivity index (χ0v) is 21.7. The fourth-order valence-corrected chi connectivity index (χ4v) is 4.28. The molecule has 0 atom stereocenters. The number of rotatable bonds is 8. The van der Waals surface area contributed by atoms with Crippen LogP contribution >= 0.6 is 15.9 Å². The van der Waals surface area contributed by atoms with Gasteiger partial charge in [-0.25, -0.2) is 4.98 Å². The largest absolute Gasteiger partial charge is 0.493 e. The van der Waals surface area contributed by atoms with Gasteiger partial charge in [-0.3, -0.25) is 4.79 Å². The lowest BCUT2D eigenvalue weighted by Gasteiger charge is -2.14. The summed E-state index contributed by atoms with van der Waals surface area (Å²) in [6.07, 6.45) is 3.16. The second-order valence-electron chi connectivity index (χ2n) is 7.96. The van der Waals surface area contributed by atoms with Gasteiger partial charge in [0.05, 0.1) is 31.3 Å². The number of nitrogens with zero attached hydrogens (tertiary/aromatic N) is 3. The van der Waals surface area contributed by atoms with Gasteiger partial charge in [-0.05, 0) is 48.5 Å². The zero-order chi connectivity index (χ0) is 25.9. The molecular formula is C28H22BrN3O5. The van der Waals surface area contributed by atoms with Gasteiger partial charge in [0.2, 0.25) is 11.6 Å². The molecule has 0 amide bonds. The molecule has 0 spiro atoms. The van der Waals surface area contributed by atoms with Crippen molar-refractivity contribution in [3.05, 3.63) is 93.7 Å². The molecule has 0 saturated carbocycles. The minimum absolute atomic E-state index is 0.275. The summed E-state index contributed by atoms with van der Waals surface area (Å²) in [5.74, 6) is 2.04. The van der Waals surface area contributed by atoms with Crippen LogP contribution in [0.2, 0.25) is 0 Å². The molecule has 37 heavy (non-hydrogen) atoms. The first-order valence-corrected chi connectivity index (χ1v) is 12.1. The van der Waals surface area contributed by atoms with Crippen molar-refractivity contribution < 1.29 is 18.6 Å². The standard InChI is InChI=1S/C28H22BrN3O5/c1-4-11-36-26-23(34-2)12-17(13-24(26)35-3)16-30-32-27(31-21-8-6-5-7-20(21)28(32)33)25-15-18-14-19(29)9-10-22(18)37-25/h4-10,12-16H,1,11H2,2-3H3. The lowest BCUT2D eigenvalue weighted by molar-refractivity contribution is 0.301. The number of furan rings is 1. The molecule has 0 aliphatic heterocycles. The summed E-state index contributed by atoms with van der Waals surface area (Å²) in [7, 11) is 3.07. The number of ether oxygens (including phenoxy) is 3. The number of benzene rings is 3. The highest BCUT2D eigenvalue weighted by Gasteiger charge is 2.17. The molecule has 5 aromatic rings. The average Bonchev–Trinajstić information content (AvgIpc) is 3.34. The molecular weight excluding hydrogens is 538 g/mol. The smallest absolute Gasteiger partial charge is 0.282 e. The van der Waals surface area contributed by atoms with E-state index >= 15 is 0 Å². The average molecular weight is 560 g/mol. The Balaban J connectivity index is 1.66. The van der Waals surface area contributed by atoms with E-state index in [-0.39, 0.29) is 18.0 Å². The van der Waals surface area contributed by atoms with Crippen molar-refractivity contribution >= 4 is 44.0 Å². The first-order chi connectivity index (χ1) is 18.0. The van der Waals surface area contributed by atoms with Crippen molar-refractivity contribution in [3.8, 4) is 28.8 Å². The Morgan fingerprint density at radius 3 is 2.57 bits per heavy atom. The van der Waals surface area contributed by atoms with Crippen LogP contribution in [0.15, 0.2) is 92.1 Å². The second kappa shape index (κ2) is 10.3. The highest BCUT2D eigenvalue weighted by molar-refractivity contribution is 9.10. The summed E-state index contributed by atoms with van der Waals surface area (Å²) in [5, 5.41) is 5.82. The highest BCUT2D eigenvalue weighted by Crippen LogP contribution is 2.38. The third-order valence-electron chi connectivity index (χ3n) is 5.60. The minimum atomic E-state index is -0.330. The van der Waals surface area contributed by atoms with Crippen molar-refractivity contribution in [3.63, 3.8) is 0 Å². The van der Waals surface area contributed by atoms with Crippen molar-refractivity contribution in [1.29, 1.82) is 0 Å². The molecule has 0 aliphatic carbocycles. The van der Waals surface area contributed by atoms with E-state index in [1.165, 1.54) is 25.1 Å². The summed E-state index contributed by atoms with van der Waals surface area (Å²) in [4.78, 5) is 18.2. The SMILES string of the molecule is C=CCOc1c(OC)cc(C=Nn2c(-c3cc4cc(Br)ccc4o3)nc3ccccc3c2=O)cc1OC. The topological polar surface area (TPSA) is 88.1 Å². The van der Waals surface area contributed by atoms with Gasteiger partial charge in [0.15, 0.2) is 17.3 Å². The Labute approximate surface area is 220 Å². The van der Waals surface area contributed by atoms with Gasteiger partial charge < -0.3 is 18.6 Å². The van der Waals surface area contributed by atoms with Crippen molar-refractivity contribution in [2.45, 2.75) is 0 Å². The molecule has 3 aromatic carbocycles. The Morgan fingerprint density at radius 1 is 1.08 bits per heavy atom. The van der Waals surface area contributed by atoms with Gasteiger partial charge >= 0.3 is 0 Å². The molecule has 0 N–H and O–H groups in total. The summed E-state index contributed by atoms with van der Waals surface area (Å²) >= 11 is 3.48. The van der Waals surface area contributed by atoms with Crippen LogP contribution in [0.4, 0.5) is 0 Å². The number of fused-ring (bicyclic) bond motifs is 2. The van der Waals surface area contributed by atoms with Crippen LogP contribution in [0.3, 0.4) is 0 Å². The van der Waals surface area contributed by atoms with Crippen LogP contribution < -0.4 is 19.8 Å². The molecule has 186 valence electrons. The maximum atomic E-state index is 13.5. The van der Waals surface area contributed by atoms with Crippen molar-refractivity contribution in [2.24, 2.45) is 5.10 Å². The van der Waals surface area contributed by atoms with E-state index in [0.717, 1.165) is 9.86 Å². The van der Waals surface area contributed by atoms with Crippen molar-refractivity contribution in [2.75, 3.05) is 20.8 Å². The summed E-state index contributed by atoms with van der Waals surface area (Å²) < 4.78 is 24.9. The Kier molecular flexibility index (Phi) is 6.78. The monoisotopic (exact) mass is 559 g/mol. The first-order valence-electron chi connectivity index (χ1n) is 11.3. The third-order valence-corrected chi connectivity index (χ3v) is 6.10. The fourth-order valence-electron chi connectivity index (χ4n) is 3.90. The summed E-state index contributed by atoms with van der Waals surface area (Å²) in [6.45, 7) is 3.96. The third kappa shape index (κ3) is 4.73. The molecule has 9 heteroatoms. The number of halogens is 1. The number of para-hydroxylation sites is 1. The molecule has 0 saturated heterocycles. The van der Waals surface area contributed by atoms with Crippen molar-refractivity contribution in [1.82, 2.24) is 9.66 Å². The normalized spacial score (nSPS) is 11.3. The Hall–Kier alpha value is -4.37. The lowest BCUT2D eigenvalue weighted by atomic mass is 10.2. The minimum Gasteiger partial charge on any atom is -0.493 e. The molecule has 2 heterocycles. The van der Waals surface area contributed by atoms with E-state index in [1.54, 1.807) is 36.4 Å². The predicted molar refractivity (Wildman–Crippen MR) is 147 cm³/mol. The zero-order valence-electron chi connectivity index (χ0n) is 20.1. The number of hydrogen-bond acceptors (Lipinski definition) is 7. The molecule has 0 radical (unpaired) electrons. The van der Waals surface area contributed by atoms with Crippen LogP contribution in [-0.2, 0) is 0 Å². The van der Waals surface area contributed by atoms with Crippen LogP contribution in [0.1, 0.15) is 5.56 Å². The molecule has 0 aliphatic rings. The van der Waals surface area contributed by atoms with Crippen LogP contribution in [0, 0.1) is 0 Å². The molecule has 0 unspecified atom stereocenters. The fraction of sp³-hybridized carbons (Fsp3) is 0.107. The second-order valence-corrected chi connectivity index (χ2v) is 8.88. The molecule has 8 nitrogen and oxygen atoms in total. The maximum Gasteiger partial charge on any atom is 0.282 e. The Morgan fingerprint density at radius 2 is 1.84 bits per heavy atom. The van der Waals surface area contributed by atoms with E-state index in [2.05, 4.69) is 27.6 Å². The van der Waals surface area contributed by atoms with E-state index < -0.39 is 0 Å². The maximum absolute atomic E-state index is 13.5. The van der Waals surface area contributed by atoms with Gasteiger partial charge in [0.25, 0.3) is 5.56 Å².